The monoisotopic (exact) mass is 137 g/mol. The summed E-state index contributed by atoms with van der Waals surface area (Å²) in [5.41, 5.74) is 0. The second kappa shape index (κ2) is 8.48. The zero-order chi connectivity index (χ0) is 7.66. The third-order valence-electron chi connectivity index (χ3n) is 1.31. The summed E-state index contributed by atoms with van der Waals surface area (Å²) in [5.74, 6) is 0. The maximum absolute atomic E-state index is 3.78. The molecule has 0 atom stereocenters. The highest BCUT2D eigenvalue weighted by molar-refractivity contribution is 5.00. The van der Waals surface area contributed by atoms with Crippen LogP contribution in [0.2, 0.25) is 0 Å². The highest BCUT2D eigenvalue weighted by atomic mass is 13.9. The average molecular weight is 137 g/mol. The fraction of sp³-hybridized carbons (Fsp3) is 0.500. The second-order valence-corrected chi connectivity index (χ2v) is 2.30. The van der Waals surface area contributed by atoms with E-state index >= 15 is 0 Å². The summed E-state index contributed by atoms with van der Waals surface area (Å²) in [6.45, 7) is 5.81. The quantitative estimate of drug-likeness (QED) is 0.402. The van der Waals surface area contributed by atoms with Crippen LogP contribution in [0.1, 0.15) is 32.6 Å². The van der Waals surface area contributed by atoms with Crippen LogP contribution in [0.3, 0.4) is 0 Å². The van der Waals surface area contributed by atoms with E-state index in [4.69, 9.17) is 0 Å². The summed E-state index contributed by atoms with van der Waals surface area (Å²) in [6.07, 6.45) is 13.2. The molecule has 0 heteroatoms. The molecule has 0 bridgehead atoms. The molecule has 0 amide bonds. The Hall–Kier alpha value is -0.520. The molecule has 0 N–H and O–H groups in total. The molecule has 0 aliphatic carbocycles. The van der Waals surface area contributed by atoms with E-state index in [0.717, 1.165) is 6.42 Å². The molecule has 0 aromatic carbocycles. The van der Waals surface area contributed by atoms with E-state index in [9.17, 15) is 0 Å². The lowest BCUT2D eigenvalue weighted by Crippen LogP contribution is -1.69. The first kappa shape index (κ1) is 9.48. The number of hydrogen-bond donors (Lipinski definition) is 0. The molecule has 0 fully saturated rings. The van der Waals surface area contributed by atoms with Gasteiger partial charge in [-0.15, -0.1) is 0 Å². The highest BCUT2D eigenvalue weighted by Crippen LogP contribution is 1.98. The van der Waals surface area contributed by atoms with Crippen LogP contribution in [0.15, 0.2) is 24.3 Å². The summed E-state index contributed by atoms with van der Waals surface area (Å²) in [7, 11) is 0. The first-order valence-corrected chi connectivity index (χ1v) is 3.99. The lowest BCUT2D eigenvalue weighted by molar-refractivity contribution is 0.760. The fourth-order valence-corrected chi connectivity index (χ4v) is 0.725. The number of hydrogen-bond acceptors (Lipinski definition) is 0. The average Bonchev–Trinajstić information content (AvgIpc) is 1.97. The van der Waals surface area contributed by atoms with Gasteiger partial charge in [0.1, 0.15) is 0 Å². The van der Waals surface area contributed by atoms with Gasteiger partial charge in [0.25, 0.3) is 0 Å². The van der Waals surface area contributed by atoms with E-state index in [1.165, 1.54) is 19.3 Å². The predicted molar refractivity (Wildman–Crippen MR) is 47.8 cm³/mol. The standard InChI is InChI=1S/C10H17/c1-3-5-7-9-10-8-6-4-2/h4,6,8,10H,1,3,5,7,9H2,2H3. The molecule has 57 valence electrons. The molecule has 0 aliphatic rings. The van der Waals surface area contributed by atoms with Gasteiger partial charge in [0, 0.05) is 0 Å². The maximum Gasteiger partial charge on any atom is -0.0348 e. The lowest BCUT2D eigenvalue weighted by atomic mass is 10.2. The summed E-state index contributed by atoms with van der Waals surface area (Å²) in [5, 5.41) is 0. The Morgan fingerprint density at radius 3 is 2.60 bits per heavy atom. The molecule has 0 aliphatic heterocycles. The Kier molecular flexibility index (Phi) is 8.04. The van der Waals surface area contributed by atoms with E-state index in [-0.39, 0.29) is 0 Å². The van der Waals surface area contributed by atoms with Crippen molar-refractivity contribution in [2.24, 2.45) is 0 Å². The number of allylic oxidation sites excluding steroid dienone is 4. The molecule has 1 radical (unpaired) electrons. The van der Waals surface area contributed by atoms with E-state index < -0.39 is 0 Å². The minimum Gasteiger partial charge on any atom is -0.0877 e. The van der Waals surface area contributed by atoms with Crippen LogP contribution in [-0.4, -0.2) is 0 Å². The Morgan fingerprint density at radius 2 is 2.00 bits per heavy atom. The molecule has 0 rings (SSSR count). The normalized spacial score (nSPS) is 11.8. The lowest BCUT2D eigenvalue weighted by Gasteiger charge is -1.89. The van der Waals surface area contributed by atoms with Gasteiger partial charge in [-0.2, -0.15) is 0 Å². The fourth-order valence-electron chi connectivity index (χ4n) is 0.725. The summed E-state index contributed by atoms with van der Waals surface area (Å²) >= 11 is 0. The maximum atomic E-state index is 3.78. The van der Waals surface area contributed by atoms with Crippen molar-refractivity contribution >= 4 is 0 Å². The minimum atomic E-state index is 1.07. The molecule has 0 heterocycles. The van der Waals surface area contributed by atoms with Gasteiger partial charge in [0.15, 0.2) is 0 Å². The Labute approximate surface area is 64.6 Å². The van der Waals surface area contributed by atoms with Gasteiger partial charge in [0.05, 0.1) is 0 Å². The zero-order valence-corrected chi connectivity index (χ0v) is 6.84. The van der Waals surface area contributed by atoms with Gasteiger partial charge in [-0.25, -0.2) is 0 Å². The van der Waals surface area contributed by atoms with Gasteiger partial charge < -0.3 is 0 Å². The molecule has 10 heavy (non-hydrogen) atoms. The van der Waals surface area contributed by atoms with E-state index in [2.05, 4.69) is 25.2 Å². The van der Waals surface area contributed by atoms with Crippen molar-refractivity contribution < 1.29 is 0 Å². The number of rotatable bonds is 5. The summed E-state index contributed by atoms with van der Waals surface area (Å²) < 4.78 is 0. The summed E-state index contributed by atoms with van der Waals surface area (Å²) in [4.78, 5) is 0. The SMILES string of the molecule is [CH2]CCCCC=CC=CC. The van der Waals surface area contributed by atoms with Crippen LogP contribution in [0.25, 0.3) is 0 Å². The molecule has 0 saturated carbocycles. The second-order valence-electron chi connectivity index (χ2n) is 2.30. The Balaban J connectivity index is 3.02. The van der Waals surface area contributed by atoms with Crippen molar-refractivity contribution in [3.63, 3.8) is 0 Å². The van der Waals surface area contributed by atoms with Crippen molar-refractivity contribution in [2.45, 2.75) is 32.6 Å². The Morgan fingerprint density at radius 1 is 1.20 bits per heavy atom. The smallest absolute Gasteiger partial charge is 0.0348 e. The van der Waals surface area contributed by atoms with Gasteiger partial charge in [-0.3, -0.25) is 0 Å². The van der Waals surface area contributed by atoms with Crippen LogP contribution in [0.5, 0.6) is 0 Å². The molecule has 0 nitrogen and oxygen atoms in total. The molecule has 0 aromatic rings. The van der Waals surface area contributed by atoms with E-state index in [0.29, 0.717) is 0 Å². The molecule has 0 spiro atoms. The van der Waals surface area contributed by atoms with Crippen LogP contribution < -0.4 is 0 Å². The van der Waals surface area contributed by atoms with Crippen LogP contribution in [-0.2, 0) is 0 Å². The van der Waals surface area contributed by atoms with Crippen molar-refractivity contribution in [3.8, 4) is 0 Å². The first-order chi connectivity index (χ1) is 4.91. The minimum absolute atomic E-state index is 1.07. The van der Waals surface area contributed by atoms with Crippen LogP contribution >= 0.6 is 0 Å². The van der Waals surface area contributed by atoms with Crippen molar-refractivity contribution in [1.29, 1.82) is 0 Å². The number of unbranched alkanes of at least 4 members (excludes halogenated alkanes) is 3. The molecule has 0 aromatic heterocycles. The van der Waals surface area contributed by atoms with Crippen LogP contribution in [0.4, 0.5) is 0 Å². The zero-order valence-electron chi connectivity index (χ0n) is 6.84. The van der Waals surface area contributed by atoms with Crippen LogP contribution in [0, 0.1) is 6.92 Å². The van der Waals surface area contributed by atoms with Gasteiger partial charge in [-0.05, 0) is 19.8 Å². The van der Waals surface area contributed by atoms with Crippen molar-refractivity contribution in [2.75, 3.05) is 0 Å². The van der Waals surface area contributed by atoms with Gasteiger partial charge >= 0.3 is 0 Å². The summed E-state index contributed by atoms with van der Waals surface area (Å²) in [6, 6.07) is 0. The first-order valence-electron chi connectivity index (χ1n) is 3.99. The van der Waals surface area contributed by atoms with Gasteiger partial charge in [-0.1, -0.05) is 44.1 Å². The topological polar surface area (TPSA) is 0 Å². The molecular weight excluding hydrogens is 120 g/mol. The molecular formula is C10H17. The highest BCUT2D eigenvalue weighted by Gasteiger charge is 1.79. The largest absolute Gasteiger partial charge is 0.0877 e. The van der Waals surface area contributed by atoms with E-state index in [1.54, 1.807) is 0 Å². The molecule has 0 saturated heterocycles. The van der Waals surface area contributed by atoms with Crippen molar-refractivity contribution in [1.82, 2.24) is 0 Å². The third kappa shape index (κ3) is 7.48. The molecule has 0 unspecified atom stereocenters. The third-order valence-corrected chi connectivity index (χ3v) is 1.31. The van der Waals surface area contributed by atoms with E-state index in [1.807, 2.05) is 13.0 Å². The predicted octanol–water partition coefficient (Wildman–Crippen LogP) is 3.51. The van der Waals surface area contributed by atoms with Gasteiger partial charge in [0.2, 0.25) is 0 Å². The Bertz CT molecular complexity index is 98.6. The van der Waals surface area contributed by atoms with Crippen molar-refractivity contribution in [3.05, 3.63) is 31.2 Å².